The lowest BCUT2D eigenvalue weighted by atomic mass is 10.0. The van der Waals surface area contributed by atoms with Gasteiger partial charge in [-0.3, -0.25) is 0 Å². The molecule has 1 aromatic heterocycles. The van der Waals surface area contributed by atoms with Crippen LogP contribution in [0.15, 0.2) is 58.1 Å². The highest BCUT2D eigenvalue weighted by atomic mass is 35.5. The van der Waals surface area contributed by atoms with Gasteiger partial charge in [0.1, 0.15) is 11.5 Å². The highest BCUT2D eigenvalue weighted by molar-refractivity contribution is 6.33. The minimum atomic E-state index is -1.12. The fourth-order valence-corrected chi connectivity index (χ4v) is 3.81. The summed E-state index contributed by atoms with van der Waals surface area (Å²) in [5.74, 6) is 1.45. The lowest BCUT2D eigenvalue weighted by Gasteiger charge is -2.24. The highest BCUT2D eigenvalue weighted by Gasteiger charge is 2.31. The Hall–Kier alpha value is -3.32. The molecule has 0 amide bonds. The predicted molar refractivity (Wildman–Crippen MR) is 135 cm³/mol. The minimum absolute atomic E-state index is 0.127. The molecular formula is C27H31ClN2O5. The van der Waals surface area contributed by atoms with Crippen LogP contribution in [0, 0.1) is 0 Å². The molecule has 0 atom stereocenters. The van der Waals surface area contributed by atoms with E-state index in [1.165, 1.54) is 0 Å². The smallest absolute Gasteiger partial charge is 0.349 e. The summed E-state index contributed by atoms with van der Waals surface area (Å²) in [5, 5.41) is 13.8. The van der Waals surface area contributed by atoms with Gasteiger partial charge in [-0.2, -0.15) is 0 Å². The van der Waals surface area contributed by atoms with Gasteiger partial charge in [-0.05, 0) is 75.6 Å². The summed E-state index contributed by atoms with van der Waals surface area (Å²) in [6.45, 7) is 9.42. The van der Waals surface area contributed by atoms with Crippen LogP contribution in [0.5, 0.6) is 5.75 Å². The van der Waals surface area contributed by atoms with Gasteiger partial charge in [-0.25, -0.2) is 9.78 Å². The molecule has 3 aromatic rings. The van der Waals surface area contributed by atoms with Gasteiger partial charge in [0.25, 0.3) is 0 Å². The Morgan fingerprint density at radius 2 is 1.86 bits per heavy atom. The van der Waals surface area contributed by atoms with E-state index < -0.39 is 11.6 Å². The third-order valence-corrected chi connectivity index (χ3v) is 5.73. The van der Waals surface area contributed by atoms with E-state index in [1.54, 1.807) is 51.1 Å². The van der Waals surface area contributed by atoms with E-state index >= 15 is 0 Å². The summed E-state index contributed by atoms with van der Waals surface area (Å²) in [7, 11) is 0. The number of hydrogen-bond acceptors (Lipinski definition) is 7. The van der Waals surface area contributed by atoms with Crippen molar-refractivity contribution in [2.45, 2.75) is 59.0 Å². The van der Waals surface area contributed by atoms with Crippen molar-refractivity contribution < 1.29 is 23.9 Å². The normalized spacial score (nSPS) is 12.1. The lowest BCUT2D eigenvalue weighted by molar-refractivity contribution is -0.158. The predicted octanol–water partition coefficient (Wildman–Crippen LogP) is 6.65. The maximum Gasteiger partial charge on any atom is 0.349 e. The van der Waals surface area contributed by atoms with Gasteiger partial charge in [-0.1, -0.05) is 42.7 Å². The zero-order chi connectivity index (χ0) is 25.6. The topological polar surface area (TPSA) is 94.2 Å². The molecule has 0 fully saturated rings. The van der Waals surface area contributed by atoms with Crippen molar-refractivity contribution in [3.63, 3.8) is 0 Å². The van der Waals surface area contributed by atoms with E-state index in [2.05, 4.69) is 5.16 Å². The molecule has 2 aromatic carbocycles. The van der Waals surface area contributed by atoms with Gasteiger partial charge in [0.05, 0.1) is 28.6 Å². The van der Waals surface area contributed by atoms with Gasteiger partial charge >= 0.3 is 5.97 Å². The zero-order valence-electron chi connectivity index (χ0n) is 20.7. The van der Waals surface area contributed by atoms with Crippen LogP contribution in [0.25, 0.3) is 11.5 Å². The van der Waals surface area contributed by atoms with Crippen LogP contribution in [0.4, 0.5) is 0 Å². The number of carbonyl (C=O) groups is 1. The van der Waals surface area contributed by atoms with Crippen LogP contribution in [0.3, 0.4) is 0 Å². The number of benzene rings is 2. The number of carbonyl (C=O) groups excluding carboxylic acids is 1. The molecule has 7 nitrogen and oxygen atoms in total. The Morgan fingerprint density at radius 3 is 2.46 bits per heavy atom. The fourth-order valence-electron chi connectivity index (χ4n) is 3.59. The van der Waals surface area contributed by atoms with Crippen LogP contribution in [0.1, 0.15) is 64.0 Å². The second-order valence-electron chi connectivity index (χ2n) is 8.87. The summed E-state index contributed by atoms with van der Waals surface area (Å²) in [4.78, 5) is 16.8. The molecule has 186 valence electrons. The number of aromatic nitrogens is 1. The van der Waals surface area contributed by atoms with Crippen molar-refractivity contribution in [3.05, 3.63) is 70.6 Å². The molecule has 0 saturated heterocycles. The average molecular weight is 499 g/mol. The molecule has 0 saturated carbocycles. The van der Waals surface area contributed by atoms with Gasteiger partial charge in [0.15, 0.2) is 5.60 Å². The maximum atomic E-state index is 12.1. The quantitative estimate of drug-likeness (QED) is 0.145. The molecule has 0 aliphatic rings. The first-order valence-electron chi connectivity index (χ1n) is 11.6. The lowest BCUT2D eigenvalue weighted by Crippen LogP contribution is -2.39. The maximum absolute atomic E-state index is 12.1. The Morgan fingerprint density at radius 1 is 1.17 bits per heavy atom. The summed E-state index contributed by atoms with van der Waals surface area (Å²) in [5.41, 5.74) is 1.64. The molecule has 0 spiro atoms. The van der Waals surface area contributed by atoms with Crippen molar-refractivity contribution in [1.29, 1.82) is 0 Å². The van der Waals surface area contributed by atoms with E-state index in [0.717, 1.165) is 22.6 Å². The van der Waals surface area contributed by atoms with Crippen LogP contribution in [-0.2, 0) is 16.0 Å². The number of aryl methyl sites for hydroxylation is 1. The molecule has 0 radical (unpaired) electrons. The summed E-state index contributed by atoms with van der Waals surface area (Å²) < 4.78 is 16.9. The van der Waals surface area contributed by atoms with E-state index in [1.807, 2.05) is 32.0 Å². The molecule has 0 aliphatic carbocycles. The molecule has 0 unspecified atom stereocenters. The van der Waals surface area contributed by atoms with Crippen LogP contribution in [0.2, 0.25) is 5.02 Å². The second-order valence-corrected chi connectivity index (χ2v) is 9.28. The molecule has 1 heterocycles. The van der Waals surface area contributed by atoms with Crippen LogP contribution < -0.4 is 4.74 Å². The number of ether oxygens (including phenoxy) is 2. The van der Waals surface area contributed by atoms with Crippen molar-refractivity contribution in [2.24, 2.45) is 5.16 Å². The number of halogens is 1. The van der Waals surface area contributed by atoms with E-state index in [-0.39, 0.29) is 12.5 Å². The number of nitrogens with zero attached hydrogens (tertiary/aromatic N) is 2. The largest absolute Gasteiger partial charge is 0.476 e. The summed E-state index contributed by atoms with van der Waals surface area (Å²) in [6, 6.07) is 14.4. The summed E-state index contributed by atoms with van der Waals surface area (Å²) >= 11 is 6.33. The molecule has 35 heavy (non-hydrogen) atoms. The van der Waals surface area contributed by atoms with E-state index in [0.29, 0.717) is 35.2 Å². The second kappa shape index (κ2) is 11.4. The minimum Gasteiger partial charge on any atom is -0.476 e. The monoisotopic (exact) mass is 498 g/mol. The van der Waals surface area contributed by atoms with Gasteiger partial charge in [-0.15, -0.1) is 0 Å². The average Bonchev–Trinajstić information content (AvgIpc) is 3.25. The first-order valence-corrected chi connectivity index (χ1v) is 12.0. The highest BCUT2D eigenvalue weighted by Crippen LogP contribution is 2.32. The van der Waals surface area contributed by atoms with Gasteiger partial charge in [0.2, 0.25) is 5.89 Å². The number of oxazole rings is 1. The first kappa shape index (κ1) is 26.3. The summed E-state index contributed by atoms with van der Waals surface area (Å²) in [6.07, 6.45) is 0.967. The van der Waals surface area contributed by atoms with Crippen molar-refractivity contribution >= 4 is 23.3 Å². The Labute approximate surface area is 210 Å². The standard InChI is InChI=1S/C27H31ClN2O5/c1-6-33-26(31)27(4,5)35-19-13-11-18(12-14-19)22(30-32)15-16-23-24(17(2)3)34-25(29-23)20-9-7-8-10-21(20)28/h7-14,17,32H,6,15-16H2,1-5H3. The molecule has 8 heteroatoms. The first-order chi connectivity index (χ1) is 16.7. The fraction of sp³-hybridized carbons (Fsp3) is 0.370. The molecule has 0 aliphatic heterocycles. The Kier molecular flexibility index (Phi) is 8.57. The molecule has 0 bridgehead atoms. The van der Waals surface area contributed by atoms with E-state index in [9.17, 15) is 10.0 Å². The third kappa shape index (κ3) is 6.42. The molecule has 3 rings (SSSR count). The molecule has 1 N–H and O–H groups in total. The van der Waals surface area contributed by atoms with Crippen molar-refractivity contribution in [1.82, 2.24) is 4.98 Å². The number of hydrogen-bond donors (Lipinski definition) is 1. The van der Waals surface area contributed by atoms with Crippen LogP contribution >= 0.6 is 11.6 Å². The van der Waals surface area contributed by atoms with Gasteiger partial charge in [0, 0.05) is 5.92 Å². The zero-order valence-corrected chi connectivity index (χ0v) is 21.4. The SMILES string of the molecule is CCOC(=O)C(C)(C)Oc1ccc(C(CCc2nc(-c3ccccc3Cl)oc2C(C)C)=NO)cc1. The Balaban J connectivity index is 1.74. The molecular weight excluding hydrogens is 468 g/mol. The van der Waals surface area contributed by atoms with Gasteiger partial charge < -0.3 is 19.1 Å². The van der Waals surface area contributed by atoms with E-state index in [4.69, 9.17) is 30.5 Å². The number of rotatable bonds is 10. The number of oxime groups is 1. The van der Waals surface area contributed by atoms with Crippen molar-refractivity contribution in [2.75, 3.05) is 6.61 Å². The Bertz CT molecular complexity index is 1180. The third-order valence-electron chi connectivity index (χ3n) is 5.40. The van der Waals surface area contributed by atoms with Crippen LogP contribution in [-0.4, -0.2) is 34.1 Å². The van der Waals surface area contributed by atoms with Crippen molar-refractivity contribution in [3.8, 4) is 17.2 Å². The number of esters is 1.